The molecule has 222 valence electrons. The van der Waals surface area contributed by atoms with Crippen LogP contribution in [0, 0.1) is 0 Å². The molecule has 14 heteroatoms. The summed E-state index contributed by atoms with van der Waals surface area (Å²) in [6.07, 6.45) is 0. The maximum atomic E-state index is 13.3. The summed E-state index contributed by atoms with van der Waals surface area (Å²) >= 11 is 0. The number of likely N-dealkylation sites (tertiary alicyclic amines) is 1. The molecule has 6 rings (SSSR count). The number of nitrogens with one attached hydrogen (secondary N) is 3. The average Bonchev–Trinajstić information content (AvgIpc) is 3.48. The van der Waals surface area contributed by atoms with Crippen LogP contribution in [-0.4, -0.2) is 112 Å². The van der Waals surface area contributed by atoms with Gasteiger partial charge in [-0.1, -0.05) is 24.3 Å². The third-order valence-corrected chi connectivity index (χ3v) is 10.0. The van der Waals surface area contributed by atoms with Gasteiger partial charge in [-0.25, -0.2) is 13.2 Å². The van der Waals surface area contributed by atoms with E-state index in [4.69, 9.17) is 4.74 Å². The van der Waals surface area contributed by atoms with Gasteiger partial charge in [-0.05, 0) is 29.8 Å². The highest BCUT2D eigenvalue weighted by molar-refractivity contribution is 7.91. The van der Waals surface area contributed by atoms with E-state index >= 15 is 0 Å². The molecule has 5 amide bonds. The largest absolute Gasteiger partial charge is 0.379 e. The van der Waals surface area contributed by atoms with Gasteiger partial charge in [0.1, 0.15) is 0 Å². The lowest BCUT2D eigenvalue weighted by Gasteiger charge is -2.31. The van der Waals surface area contributed by atoms with Gasteiger partial charge in [0.25, 0.3) is 11.8 Å². The Balaban J connectivity index is 1.14. The minimum absolute atomic E-state index is 0.0315. The topological polar surface area (TPSA) is 157 Å². The number of urea groups is 1. The Hall–Kier alpha value is -4.01. The summed E-state index contributed by atoms with van der Waals surface area (Å²) in [5.74, 6) is -1.20. The third kappa shape index (κ3) is 5.32. The zero-order valence-corrected chi connectivity index (χ0v) is 23.7. The molecule has 2 atom stereocenters. The number of para-hydroxylation sites is 1. The lowest BCUT2D eigenvalue weighted by atomic mass is 9.93. The Labute approximate surface area is 243 Å². The molecule has 42 heavy (non-hydrogen) atoms. The van der Waals surface area contributed by atoms with Crippen LogP contribution in [-0.2, 0) is 30.7 Å². The predicted octanol–water partition coefficient (Wildman–Crippen LogP) is -0.668. The first-order valence-corrected chi connectivity index (χ1v) is 15.5. The summed E-state index contributed by atoms with van der Waals surface area (Å²) in [5.41, 5.74) is 0.426. The van der Waals surface area contributed by atoms with Crippen LogP contribution in [0.5, 0.6) is 0 Å². The number of amides is 5. The summed E-state index contributed by atoms with van der Waals surface area (Å²) in [4.78, 5) is 57.2. The summed E-state index contributed by atoms with van der Waals surface area (Å²) in [7, 11) is -3.31. The SMILES string of the molecule is O=C1NC(=O)[C@@]2(CN(C(=O)CN3CCOCC3)C[C@H]2NC(=O)c2ccc(CN3CCS(=O)(=O)c4ccccc43)cc2)N1. The van der Waals surface area contributed by atoms with Gasteiger partial charge < -0.3 is 25.2 Å². The molecule has 0 bridgehead atoms. The molecule has 4 aliphatic heterocycles. The van der Waals surface area contributed by atoms with Gasteiger partial charge in [0.05, 0.1) is 48.7 Å². The quantitative estimate of drug-likeness (QED) is 0.368. The molecule has 2 aromatic rings. The molecule has 0 radical (unpaired) electrons. The number of benzene rings is 2. The van der Waals surface area contributed by atoms with E-state index in [0.29, 0.717) is 55.5 Å². The van der Waals surface area contributed by atoms with Gasteiger partial charge in [0.2, 0.25) is 5.91 Å². The summed E-state index contributed by atoms with van der Waals surface area (Å²) in [6.45, 7) is 3.34. The second-order valence-electron chi connectivity index (χ2n) is 11.0. The highest BCUT2D eigenvalue weighted by Crippen LogP contribution is 2.31. The minimum Gasteiger partial charge on any atom is -0.379 e. The lowest BCUT2D eigenvalue weighted by molar-refractivity contribution is -0.133. The fourth-order valence-corrected chi connectivity index (χ4v) is 7.44. The number of hydrogen-bond acceptors (Lipinski definition) is 9. The smallest absolute Gasteiger partial charge is 0.322 e. The van der Waals surface area contributed by atoms with Gasteiger partial charge in [-0.3, -0.25) is 24.6 Å². The van der Waals surface area contributed by atoms with Crippen molar-refractivity contribution in [2.45, 2.75) is 23.0 Å². The Morgan fingerprint density at radius 1 is 1.02 bits per heavy atom. The van der Waals surface area contributed by atoms with E-state index in [0.717, 1.165) is 5.56 Å². The van der Waals surface area contributed by atoms with Gasteiger partial charge in [0.15, 0.2) is 15.4 Å². The number of carbonyl (C=O) groups is 4. The van der Waals surface area contributed by atoms with Gasteiger partial charge in [-0.15, -0.1) is 0 Å². The number of carbonyl (C=O) groups excluding carboxylic acids is 4. The van der Waals surface area contributed by atoms with Crippen molar-refractivity contribution in [3.05, 3.63) is 59.7 Å². The number of morpholine rings is 1. The molecule has 1 spiro atoms. The van der Waals surface area contributed by atoms with Crippen molar-refractivity contribution >= 4 is 39.3 Å². The van der Waals surface area contributed by atoms with E-state index in [1.54, 1.807) is 48.5 Å². The van der Waals surface area contributed by atoms with Gasteiger partial charge >= 0.3 is 6.03 Å². The van der Waals surface area contributed by atoms with E-state index in [1.165, 1.54) is 4.90 Å². The van der Waals surface area contributed by atoms with E-state index < -0.39 is 39.3 Å². The molecule has 4 aliphatic rings. The normalized spacial score (nSPS) is 25.2. The van der Waals surface area contributed by atoms with Crippen molar-refractivity contribution in [1.29, 1.82) is 0 Å². The Bertz CT molecular complexity index is 1530. The van der Waals surface area contributed by atoms with Crippen LogP contribution in [0.1, 0.15) is 15.9 Å². The number of imide groups is 1. The fourth-order valence-electron chi connectivity index (χ4n) is 5.95. The van der Waals surface area contributed by atoms with Crippen LogP contribution in [0.3, 0.4) is 0 Å². The van der Waals surface area contributed by atoms with E-state index in [1.807, 2.05) is 9.80 Å². The molecule has 3 fully saturated rings. The number of ether oxygens (including phenoxy) is 1. The van der Waals surface area contributed by atoms with Crippen LogP contribution >= 0.6 is 0 Å². The first-order chi connectivity index (χ1) is 20.1. The number of fused-ring (bicyclic) bond motifs is 1. The zero-order valence-electron chi connectivity index (χ0n) is 22.9. The van der Waals surface area contributed by atoms with Crippen molar-refractivity contribution in [3.63, 3.8) is 0 Å². The molecule has 4 heterocycles. The fraction of sp³-hybridized carbons (Fsp3) is 0.429. The number of rotatable bonds is 6. The van der Waals surface area contributed by atoms with Crippen molar-refractivity contribution in [2.75, 3.05) is 63.1 Å². The molecular weight excluding hydrogens is 564 g/mol. The van der Waals surface area contributed by atoms with Gasteiger partial charge in [0, 0.05) is 38.3 Å². The summed E-state index contributed by atoms with van der Waals surface area (Å²) < 4.78 is 30.3. The molecule has 0 unspecified atom stereocenters. The van der Waals surface area contributed by atoms with Crippen LogP contribution in [0.15, 0.2) is 53.4 Å². The number of sulfone groups is 1. The maximum Gasteiger partial charge on any atom is 0.322 e. The molecular formula is C28H32N6O7S. The standard InChI is InChI=1S/C28H32N6O7S/c35-24(17-32-9-12-41-13-10-32)34-16-23(28(18-34)26(37)30-27(38)31-28)29-25(36)20-7-5-19(6-8-20)15-33-11-14-42(39,40)22-4-2-1-3-21(22)33/h1-8,23H,9-18H2,(H,29,36)(H2,30,31,37,38)/t23-,28+/m1/s1. The molecule has 13 nitrogen and oxygen atoms in total. The molecule has 3 N–H and O–H groups in total. The van der Waals surface area contributed by atoms with E-state index in [-0.39, 0.29) is 31.3 Å². The second-order valence-corrected chi connectivity index (χ2v) is 13.1. The minimum atomic E-state index is -3.31. The second kappa shape index (κ2) is 11.0. The van der Waals surface area contributed by atoms with Crippen molar-refractivity contribution in [1.82, 2.24) is 25.8 Å². The molecule has 0 saturated carbocycles. The van der Waals surface area contributed by atoms with Crippen molar-refractivity contribution < 1.29 is 32.3 Å². The Morgan fingerprint density at radius 3 is 2.48 bits per heavy atom. The number of hydrogen-bond donors (Lipinski definition) is 3. The summed E-state index contributed by atoms with van der Waals surface area (Å²) in [6, 6.07) is 12.3. The predicted molar refractivity (Wildman–Crippen MR) is 150 cm³/mol. The number of anilines is 1. The first kappa shape index (κ1) is 28.1. The van der Waals surface area contributed by atoms with E-state index in [9.17, 15) is 27.6 Å². The van der Waals surface area contributed by atoms with Crippen LogP contribution in [0.2, 0.25) is 0 Å². The van der Waals surface area contributed by atoms with Crippen LogP contribution in [0.25, 0.3) is 0 Å². The molecule has 2 aromatic carbocycles. The molecule has 0 aliphatic carbocycles. The van der Waals surface area contributed by atoms with E-state index in [2.05, 4.69) is 16.0 Å². The maximum absolute atomic E-state index is 13.3. The number of nitrogens with zero attached hydrogens (tertiary/aromatic N) is 3. The van der Waals surface area contributed by atoms with Crippen molar-refractivity contribution in [2.24, 2.45) is 0 Å². The summed E-state index contributed by atoms with van der Waals surface area (Å²) in [5, 5.41) is 7.77. The van der Waals surface area contributed by atoms with Crippen molar-refractivity contribution in [3.8, 4) is 0 Å². The third-order valence-electron chi connectivity index (χ3n) is 8.29. The molecule has 3 saturated heterocycles. The average molecular weight is 597 g/mol. The lowest BCUT2D eigenvalue weighted by Crippen LogP contribution is -2.62. The highest BCUT2D eigenvalue weighted by Gasteiger charge is 2.58. The van der Waals surface area contributed by atoms with Crippen LogP contribution in [0.4, 0.5) is 10.5 Å². The van der Waals surface area contributed by atoms with Gasteiger partial charge in [-0.2, -0.15) is 0 Å². The highest BCUT2D eigenvalue weighted by atomic mass is 32.2. The Morgan fingerprint density at radius 2 is 1.76 bits per heavy atom. The van der Waals surface area contributed by atoms with Crippen LogP contribution < -0.4 is 20.9 Å². The first-order valence-electron chi connectivity index (χ1n) is 13.8. The monoisotopic (exact) mass is 596 g/mol. The Kier molecular flexibility index (Phi) is 7.37. The molecule has 0 aromatic heterocycles. The zero-order chi connectivity index (χ0) is 29.5.